The van der Waals surface area contributed by atoms with Crippen molar-refractivity contribution in [2.75, 3.05) is 17.6 Å². The Morgan fingerprint density at radius 1 is 1.32 bits per heavy atom. The topological polar surface area (TPSA) is 116 Å². The van der Waals surface area contributed by atoms with Gasteiger partial charge < -0.3 is 15.6 Å². The first-order valence-electron chi connectivity index (χ1n) is 5.58. The highest BCUT2D eigenvalue weighted by molar-refractivity contribution is 7.89. The summed E-state index contributed by atoms with van der Waals surface area (Å²) in [6, 6.07) is 4.44. The second kappa shape index (κ2) is 5.29. The number of sulfonamides is 1. The summed E-state index contributed by atoms with van der Waals surface area (Å²) in [7, 11) is -3.75. The molecule has 1 heterocycles. The van der Waals surface area contributed by atoms with Gasteiger partial charge in [-0.15, -0.1) is 0 Å². The van der Waals surface area contributed by atoms with Crippen LogP contribution in [0.25, 0.3) is 0 Å². The van der Waals surface area contributed by atoms with Gasteiger partial charge in [0.2, 0.25) is 10.0 Å². The number of hydrogen-bond acceptors (Lipinski definition) is 5. The molecule has 0 fully saturated rings. The van der Waals surface area contributed by atoms with Gasteiger partial charge in [0.05, 0.1) is 11.2 Å². The van der Waals surface area contributed by atoms with Crippen LogP contribution in [0.5, 0.6) is 0 Å². The molecule has 1 aromatic heterocycles. The summed E-state index contributed by atoms with van der Waals surface area (Å²) >= 11 is 0. The minimum atomic E-state index is -3.75. The lowest BCUT2D eigenvalue weighted by Gasteiger charge is -2.09. The number of nitrogens with one attached hydrogen (secondary N) is 1. The van der Waals surface area contributed by atoms with Crippen molar-refractivity contribution in [2.24, 2.45) is 5.14 Å². The molecule has 8 heteroatoms. The van der Waals surface area contributed by atoms with E-state index < -0.39 is 10.0 Å². The molecule has 0 saturated heterocycles. The lowest BCUT2D eigenvalue weighted by atomic mass is 10.3. The summed E-state index contributed by atoms with van der Waals surface area (Å²) in [5, 5.41) is 8.16. The molecular weight excluding hydrogens is 266 g/mol. The van der Waals surface area contributed by atoms with E-state index in [1.807, 2.05) is 10.8 Å². The molecule has 2 aromatic rings. The summed E-state index contributed by atoms with van der Waals surface area (Å²) < 4.78 is 24.5. The molecule has 0 saturated carbocycles. The van der Waals surface area contributed by atoms with Gasteiger partial charge in [-0.1, -0.05) is 0 Å². The summed E-state index contributed by atoms with van der Waals surface area (Å²) in [5.41, 5.74) is 6.61. The molecular formula is C11H15N5O2S. The Morgan fingerprint density at radius 2 is 2.11 bits per heavy atom. The van der Waals surface area contributed by atoms with Crippen LogP contribution < -0.4 is 16.2 Å². The molecule has 0 amide bonds. The molecule has 5 N–H and O–H groups in total. The molecule has 0 spiro atoms. The van der Waals surface area contributed by atoms with E-state index >= 15 is 0 Å². The van der Waals surface area contributed by atoms with Gasteiger partial charge in [0.1, 0.15) is 0 Å². The first-order chi connectivity index (χ1) is 8.95. The molecule has 0 aliphatic heterocycles. The smallest absolute Gasteiger partial charge is 0.238 e. The number of nitrogens with zero attached hydrogens (tertiary/aromatic N) is 2. The number of nitrogens with two attached hydrogens (primary N) is 2. The number of aromatic nitrogens is 2. The third kappa shape index (κ3) is 3.70. The number of primary sulfonamides is 1. The highest BCUT2D eigenvalue weighted by Crippen LogP contribution is 2.19. The number of rotatable bonds is 5. The Labute approximate surface area is 111 Å². The highest BCUT2D eigenvalue weighted by atomic mass is 32.2. The monoisotopic (exact) mass is 281 g/mol. The van der Waals surface area contributed by atoms with Crippen LogP contribution >= 0.6 is 0 Å². The van der Waals surface area contributed by atoms with Crippen LogP contribution in [0, 0.1) is 0 Å². The minimum absolute atomic E-state index is 0.00219. The first-order valence-corrected chi connectivity index (χ1v) is 7.13. The first kappa shape index (κ1) is 13.4. The van der Waals surface area contributed by atoms with Gasteiger partial charge in [0, 0.05) is 36.9 Å². The van der Waals surface area contributed by atoms with E-state index in [2.05, 4.69) is 10.3 Å². The SMILES string of the molecule is Nc1cc(NCCn2ccnc2)cc(S(N)(=O)=O)c1. The Hall–Kier alpha value is -2.06. The van der Waals surface area contributed by atoms with E-state index in [0.29, 0.717) is 24.5 Å². The van der Waals surface area contributed by atoms with Gasteiger partial charge in [0.15, 0.2) is 0 Å². The average Bonchev–Trinajstić information content (AvgIpc) is 2.80. The second-order valence-electron chi connectivity index (χ2n) is 4.06. The Morgan fingerprint density at radius 3 is 2.74 bits per heavy atom. The average molecular weight is 281 g/mol. The molecule has 0 aliphatic rings. The van der Waals surface area contributed by atoms with E-state index in [1.165, 1.54) is 12.1 Å². The maximum absolute atomic E-state index is 11.3. The fourth-order valence-corrected chi connectivity index (χ4v) is 2.23. The van der Waals surface area contributed by atoms with Crippen LogP contribution in [0.4, 0.5) is 11.4 Å². The molecule has 0 unspecified atom stereocenters. The zero-order chi connectivity index (χ0) is 13.9. The van der Waals surface area contributed by atoms with E-state index in [1.54, 1.807) is 18.6 Å². The van der Waals surface area contributed by atoms with Crippen LogP contribution in [-0.2, 0) is 16.6 Å². The van der Waals surface area contributed by atoms with Gasteiger partial charge >= 0.3 is 0 Å². The summed E-state index contributed by atoms with van der Waals surface area (Å²) in [6.45, 7) is 1.32. The number of anilines is 2. The van der Waals surface area contributed by atoms with E-state index in [4.69, 9.17) is 10.9 Å². The third-order valence-electron chi connectivity index (χ3n) is 2.52. The van der Waals surface area contributed by atoms with Crippen LogP contribution in [0.2, 0.25) is 0 Å². The van der Waals surface area contributed by atoms with Gasteiger partial charge in [-0.2, -0.15) is 0 Å². The van der Waals surface area contributed by atoms with Crippen molar-refractivity contribution in [3.05, 3.63) is 36.9 Å². The molecule has 2 rings (SSSR count). The Kier molecular flexibility index (Phi) is 3.72. The van der Waals surface area contributed by atoms with Gasteiger partial charge in [-0.3, -0.25) is 0 Å². The molecule has 0 radical (unpaired) electrons. The zero-order valence-electron chi connectivity index (χ0n) is 10.2. The lowest BCUT2D eigenvalue weighted by Crippen LogP contribution is -2.14. The normalized spacial score (nSPS) is 11.4. The Balaban J connectivity index is 2.06. The minimum Gasteiger partial charge on any atom is -0.399 e. The molecule has 1 aromatic carbocycles. The van der Waals surface area contributed by atoms with Crippen LogP contribution in [-0.4, -0.2) is 24.5 Å². The summed E-state index contributed by atoms with van der Waals surface area (Å²) in [5.74, 6) is 0. The van der Waals surface area contributed by atoms with Crippen LogP contribution in [0.1, 0.15) is 0 Å². The van der Waals surface area contributed by atoms with Crippen molar-refractivity contribution in [3.63, 3.8) is 0 Å². The van der Waals surface area contributed by atoms with Crippen molar-refractivity contribution in [2.45, 2.75) is 11.4 Å². The van der Waals surface area contributed by atoms with Crippen molar-refractivity contribution in [1.82, 2.24) is 9.55 Å². The molecule has 0 aliphatic carbocycles. The quantitative estimate of drug-likeness (QED) is 0.678. The number of benzene rings is 1. The van der Waals surface area contributed by atoms with Crippen LogP contribution in [0.15, 0.2) is 41.8 Å². The van der Waals surface area contributed by atoms with Gasteiger partial charge in [0.25, 0.3) is 0 Å². The zero-order valence-corrected chi connectivity index (χ0v) is 11.0. The van der Waals surface area contributed by atoms with E-state index in [9.17, 15) is 8.42 Å². The summed E-state index contributed by atoms with van der Waals surface area (Å²) in [4.78, 5) is 3.93. The van der Waals surface area contributed by atoms with Crippen molar-refractivity contribution in [1.29, 1.82) is 0 Å². The summed E-state index contributed by atoms with van der Waals surface area (Å²) in [6.07, 6.45) is 5.24. The van der Waals surface area contributed by atoms with Crippen molar-refractivity contribution >= 4 is 21.4 Å². The molecule has 0 bridgehead atoms. The molecule has 0 atom stereocenters. The van der Waals surface area contributed by atoms with Crippen molar-refractivity contribution in [3.8, 4) is 0 Å². The predicted octanol–water partition coefficient (Wildman–Crippen LogP) is 0.225. The lowest BCUT2D eigenvalue weighted by molar-refractivity contribution is 0.598. The fourth-order valence-electron chi connectivity index (χ4n) is 1.64. The van der Waals surface area contributed by atoms with E-state index in [0.717, 1.165) is 0 Å². The fraction of sp³-hybridized carbons (Fsp3) is 0.182. The van der Waals surface area contributed by atoms with E-state index in [-0.39, 0.29) is 4.90 Å². The van der Waals surface area contributed by atoms with Gasteiger partial charge in [-0.25, -0.2) is 18.5 Å². The van der Waals surface area contributed by atoms with Crippen molar-refractivity contribution < 1.29 is 8.42 Å². The standard InChI is InChI=1S/C11H15N5O2S/c12-9-5-10(7-11(6-9)19(13,17)18)15-2-4-16-3-1-14-8-16/h1,3,5-8,15H,2,4,12H2,(H2,13,17,18). The van der Waals surface area contributed by atoms with Crippen LogP contribution in [0.3, 0.4) is 0 Å². The predicted molar refractivity (Wildman–Crippen MR) is 72.9 cm³/mol. The highest BCUT2D eigenvalue weighted by Gasteiger charge is 2.09. The Bertz CT molecular complexity index is 652. The number of imidazole rings is 1. The number of hydrogen-bond donors (Lipinski definition) is 3. The molecule has 102 valence electrons. The second-order valence-corrected chi connectivity index (χ2v) is 5.62. The molecule has 7 nitrogen and oxygen atoms in total. The number of nitrogen functional groups attached to an aromatic ring is 1. The maximum atomic E-state index is 11.3. The largest absolute Gasteiger partial charge is 0.399 e. The molecule has 19 heavy (non-hydrogen) atoms. The third-order valence-corrected chi connectivity index (χ3v) is 3.41. The maximum Gasteiger partial charge on any atom is 0.238 e. The van der Waals surface area contributed by atoms with Gasteiger partial charge in [-0.05, 0) is 18.2 Å².